The van der Waals surface area contributed by atoms with Gasteiger partial charge in [-0.25, -0.2) is 0 Å². The van der Waals surface area contributed by atoms with Gasteiger partial charge in [-0.15, -0.1) is 0 Å². The van der Waals surface area contributed by atoms with E-state index in [-0.39, 0.29) is 17.9 Å². The highest BCUT2D eigenvalue weighted by Gasteiger charge is 2.19. The fraction of sp³-hybridized carbons (Fsp3) is 0.933. The van der Waals surface area contributed by atoms with Crippen molar-refractivity contribution in [2.24, 2.45) is 17.6 Å². The summed E-state index contributed by atoms with van der Waals surface area (Å²) in [6, 6.07) is -0.360. The predicted molar refractivity (Wildman–Crippen MR) is 79.9 cm³/mol. The van der Waals surface area contributed by atoms with Crippen LogP contribution >= 0.6 is 0 Å². The van der Waals surface area contributed by atoms with Crippen LogP contribution in [0.2, 0.25) is 0 Å². The minimum absolute atomic E-state index is 0.00150. The van der Waals surface area contributed by atoms with Crippen molar-refractivity contribution in [3.63, 3.8) is 0 Å². The highest BCUT2D eigenvalue weighted by atomic mass is 16.2. The second-order valence-electron chi connectivity index (χ2n) is 6.08. The molecule has 1 saturated heterocycles. The lowest BCUT2D eigenvalue weighted by Gasteiger charge is -2.30. The van der Waals surface area contributed by atoms with Gasteiger partial charge in [0.25, 0.3) is 0 Å². The fourth-order valence-corrected chi connectivity index (χ4v) is 2.43. The van der Waals surface area contributed by atoms with E-state index in [4.69, 9.17) is 5.73 Å². The monoisotopic (exact) mass is 269 g/mol. The predicted octanol–water partition coefficient (Wildman–Crippen LogP) is 1.60. The van der Waals surface area contributed by atoms with Gasteiger partial charge in [0.05, 0.1) is 6.04 Å². The Bertz CT molecular complexity index is 262. The lowest BCUT2D eigenvalue weighted by Crippen LogP contribution is -2.45. The number of amides is 1. The molecule has 2 atom stereocenters. The Balaban J connectivity index is 2.08. The summed E-state index contributed by atoms with van der Waals surface area (Å²) in [5, 5.41) is 2.96. The van der Waals surface area contributed by atoms with Crippen LogP contribution in [0.3, 0.4) is 0 Å². The third kappa shape index (κ3) is 5.91. The average molecular weight is 269 g/mol. The smallest absolute Gasteiger partial charge is 0.237 e. The molecule has 1 fully saturated rings. The summed E-state index contributed by atoms with van der Waals surface area (Å²) in [6.45, 7) is 10.7. The van der Waals surface area contributed by atoms with Crippen LogP contribution in [0.5, 0.6) is 0 Å². The molecule has 0 spiro atoms. The van der Waals surface area contributed by atoms with E-state index in [0.29, 0.717) is 0 Å². The lowest BCUT2D eigenvalue weighted by molar-refractivity contribution is -0.123. The first-order valence-corrected chi connectivity index (χ1v) is 7.80. The molecular weight excluding hydrogens is 238 g/mol. The normalized spacial score (nSPS) is 21.1. The van der Waals surface area contributed by atoms with Gasteiger partial charge in [-0.05, 0) is 50.7 Å². The van der Waals surface area contributed by atoms with Crippen LogP contribution in [0, 0.1) is 11.8 Å². The van der Waals surface area contributed by atoms with Gasteiger partial charge in [0.2, 0.25) is 5.91 Å². The number of carbonyl (C=O) groups is 1. The molecule has 0 aromatic rings. The van der Waals surface area contributed by atoms with E-state index in [1.54, 1.807) is 0 Å². The first kappa shape index (κ1) is 16.4. The van der Waals surface area contributed by atoms with E-state index in [1.807, 2.05) is 6.92 Å². The Kier molecular flexibility index (Phi) is 7.39. The molecule has 3 N–H and O–H groups in total. The number of likely N-dealkylation sites (tertiary alicyclic amines) is 1. The van der Waals surface area contributed by atoms with Crippen LogP contribution in [0.15, 0.2) is 0 Å². The number of nitrogens with one attached hydrogen (secondary N) is 1. The summed E-state index contributed by atoms with van der Waals surface area (Å²) in [5.41, 5.74) is 5.89. The maximum atomic E-state index is 11.8. The van der Waals surface area contributed by atoms with Gasteiger partial charge in [0.15, 0.2) is 0 Å². The number of nitrogens with zero attached hydrogens (tertiary/aromatic N) is 1. The summed E-state index contributed by atoms with van der Waals surface area (Å²) in [4.78, 5) is 14.3. The molecule has 0 aliphatic carbocycles. The zero-order valence-electron chi connectivity index (χ0n) is 12.8. The van der Waals surface area contributed by atoms with Crippen LogP contribution < -0.4 is 11.1 Å². The molecule has 0 unspecified atom stereocenters. The number of hydrogen-bond donors (Lipinski definition) is 2. The lowest BCUT2D eigenvalue weighted by atomic mass is 9.99. The van der Waals surface area contributed by atoms with Gasteiger partial charge in [-0.1, -0.05) is 27.2 Å². The second kappa shape index (κ2) is 8.54. The molecule has 1 amide bonds. The highest BCUT2D eigenvalue weighted by Crippen LogP contribution is 2.15. The van der Waals surface area contributed by atoms with Crippen molar-refractivity contribution in [3.8, 4) is 0 Å². The number of rotatable bonds is 7. The SMILES string of the molecule is CC[C@H](C)[C@H](N)C(=O)NCCCN1CCC(C)CC1. The number of piperidine rings is 1. The van der Waals surface area contributed by atoms with Gasteiger partial charge in [-0.2, -0.15) is 0 Å². The molecule has 19 heavy (non-hydrogen) atoms. The summed E-state index contributed by atoms with van der Waals surface area (Å²) in [7, 11) is 0. The Morgan fingerprint density at radius 2 is 2.05 bits per heavy atom. The minimum Gasteiger partial charge on any atom is -0.355 e. The first-order chi connectivity index (χ1) is 9.04. The van der Waals surface area contributed by atoms with E-state index in [9.17, 15) is 4.79 Å². The van der Waals surface area contributed by atoms with E-state index in [1.165, 1.54) is 25.9 Å². The largest absolute Gasteiger partial charge is 0.355 e. The summed E-state index contributed by atoms with van der Waals surface area (Å²) in [5.74, 6) is 1.13. The van der Waals surface area contributed by atoms with Gasteiger partial charge in [0.1, 0.15) is 0 Å². The quantitative estimate of drug-likeness (QED) is 0.690. The molecule has 0 radical (unpaired) electrons. The summed E-state index contributed by atoms with van der Waals surface area (Å²) >= 11 is 0. The van der Waals surface area contributed by atoms with E-state index < -0.39 is 0 Å². The molecule has 1 aliphatic heterocycles. The molecule has 4 heteroatoms. The fourth-order valence-electron chi connectivity index (χ4n) is 2.43. The van der Waals surface area contributed by atoms with Crippen LogP contribution in [0.25, 0.3) is 0 Å². The molecule has 0 aromatic heterocycles. The second-order valence-corrected chi connectivity index (χ2v) is 6.08. The van der Waals surface area contributed by atoms with Crippen LogP contribution in [0.1, 0.15) is 46.5 Å². The molecule has 4 nitrogen and oxygen atoms in total. The van der Waals surface area contributed by atoms with Crippen molar-refractivity contribution < 1.29 is 4.79 Å². The maximum absolute atomic E-state index is 11.8. The number of hydrogen-bond acceptors (Lipinski definition) is 3. The van der Waals surface area contributed by atoms with Crippen LogP contribution in [0.4, 0.5) is 0 Å². The van der Waals surface area contributed by atoms with Crippen molar-refractivity contribution in [1.82, 2.24) is 10.2 Å². The Morgan fingerprint density at radius 1 is 1.42 bits per heavy atom. The first-order valence-electron chi connectivity index (χ1n) is 7.80. The average Bonchev–Trinajstić information content (AvgIpc) is 2.43. The van der Waals surface area contributed by atoms with Crippen molar-refractivity contribution in [3.05, 3.63) is 0 Å². The molecular formula is C15H31N3O. The Morgan fingerprint density at radius 3 is 2.63 bits per heavy atom. The standard InChI is InChI=1S/C15H31N3O/c1-4-13(3)14(16)15(19)17-8-5-9-18-10-6-12(2)7-11-18/h12-14H,4-11,16H2,1-3H3,(H,17,19)/t13-,14-/m0/s1. The molecule has 0 saturated carbocycles. The number of nitrogens with two attached hydrogens (primary N) is 1. The zero-order valence-corrected chi connectivity index (χ0v) is 12.8. The number of carbonyl (C=O) groups excluding carboxylic acids is 1. The summed E-state index contributed by atoms with van der Waals surface area (Å²) in [6.07, 6.45) is 4.59. The molecule has 0 bridgehead atoms. The van der Waals surface area contributed by atoms with Crippen molar-refractivity contribution in [2.45, 2.75) is 52.5 Å². The Labute approximate surface area is 118 Å². The van der Waals surface area contributed by atoms with Gasteiger partial charge in [0, 0.05) is 6.54 Å². The molecule has 1 aliphatic rings. The molecule has 0 aromatic carbocycles. The van der Waals surface area contributed by atoms with E-state index >= 15 is 0 Å². The Hall–Kier alpha value is -0.610. The maximum Gasteiger partial charge on any atom is 0.237 e. The van der Waals surface area contributed by atoms with E-state index in [2.05, 4.69) is 24.1 Å². The van der Waals surface area contributed by atoms with Crippen molar-refractivity contribution in [2.75, 3.05) is 26.2 Å². The molecule has 112 valence electrons. The van der Waals surface area contributed by atoms with Crippen molar-refractivity contribution in [1.29, 1.82) is 0 Å². The van der Waals surface area contributed by atoms with Crippen molar-refractivity contribution >= 4 is 5.91 Å². The topological polar surface area (TPSA) is 58.4 Å². The van der Waals surface area contributed by atoms with Gasteiger partial charge >= 0.3 is 0 Å². The zero-order chi connectivity index (χ0) is 14.3. The van der Waals surface area contributed by atoms with E-state index in [0.717, 1.165) is 31.8 Å². The molecule has 1 heterocycles. The highest BCUT2D eigenvalue weighted by molar-refractivity contribution is 5.81. The summed E-state index contributed by atoms with van der Waals surface area (Å²) < 4.78 is 0. The third-order valence-corrected chi connectivity index (χ3v) is 4.39. The van der Waals surface area contributed by atoms with Crippen LogP contribution in [-0.2, 0) is 4.79 Å². The van der Waals surface area contributed by atoms with Gasteiger partial charge < -0.3 is 16.0 Å². The third-order valence-electron chi connectivity index (χ3n) is 4.39. The minimum atomic E-state index is -0.360. The van der Waals surface area contributed by atoms with Gasteiger partial charge in [-0.3, -0.25) is 4.79 Å². The van der Waals surface area contributed by atoms with Crippen LogP contribution in [-0.4, -0.2) is 43.0 Å². The molecule has 1 rings (SSSR count).